The van der Waals surface area contributed by atoms with Gasteiger partial charge >= 0.3 is 0 Å². The summed E-state index contributed by atoms with van der Waals surface area (Å²) in [7, 11) is 0. The second-order valence-corrected chi connectivity index (χ2v) is 5.02. The van der Waals surface area contributed by atoms with E-state index >= 15 is 0 Å². The largest absolute Gasteiger partial charge is 0.545 e. The molecule has 1 aliphatic heterocycles. The average molecular weight is 280 g/mol. The molecule has 0 unspecified atom stereocenters. The van der Waals surface area contributed by atoms with Gasteiger partial charge in [-0.1, -0.05) is 36.4 Å². The van der Waals surface area contributed by atoms with E-state index in [1.54, 1.807) is 17.0 Å². The highest BCUT2D eigenvalue weighted by Crippen LogP contribution is 2.28. The van der Waals surface area contributed by atoms with E-state index in [1.807, 2.05) is 24.3 Å². The Hall–Kier alpha value is -2.62. The fourth-order valence-electron chi connectivity index (χ4n) is 2.74. The number of benzene rings is 2. The number of hydrogen-bond donors (Lipinski definition) is 0. The molecule has 21 heavy (non-hydrogen) atoms. The van der Waals surface area contributed by atoms with Crippen LogP contribution in [0.25, 0.3) is 0 Å². The fourth-order valence-corrected chi connectivity index (χ4v) is 2.74. The number of carbonyl (C=O) groups is 2. The number of carboxylic acids is 1. The number of amides is 1. The molecule has 0 bridgehead atoms. The van der Waals surface area contributed by atoms with Crippen molar-refractivity contribution in [3.8, 4) is 0 Å². The van der Waals surface area contributed by atoms with E-state index in [1.165, 1.54) is 12.1 Å². The zero-order chi connectivity index (χ0) is 14.8. The van der Waals surface area contributed by atoms with Gasteiger partial charge in [0.15, 0.2) is 0 Å². The van der Waals surface area contributed by atoms with Gasteiger partial charge in [-0.3, -0.25) is 4.79 Å². The SMILES string of the molecule is O=C([O-])c1ccccc1C(=O)N1CCCc2ccccc21. The molecule has 4 heteroatoms. The van der Waals surface area contributed by atoms with Crippen LogP contribution in [0, 0.1) is 0 Å². The molecule has 1 amide bonds. The predicted octanol–water partition coefficient (Wildman–Crippen LogP) is 1.64. The molecule has 0 saturated carbocycles. The molecule has 1 aliphatic rings. The second-order valence-electron chi connectivity index (χ2n) is 5.02. The van der Waals surface area contributed by atoms with E-state index < -0.39 is 5.97 Å². The van der Waals surface area contributed by atoms with Crippen LogP contribution in [0.15, 0.2) is 48.5 Å². The fraction of sp³-hybridized carbons (Fsp3) is 0.176. The minimum Gasteiger partial charge on any atom is -0.545 e. The van der Waals surface area contributed by atoms with Crippen molar-refractivity contribution >= 4 is 17.6 Å². The Morgan fingerprint density at radius 1 is 0.952 bits per heavy atom. The second kappa shape index (κ2) is 5.40. The summed E-state index contributed by atoms with van der Waals surface area (Å²) in [5.74, 6) is -1.62. The summed E-state index contributed by atoms with van der Waals surface area (Å²) in [5, 5.41) is 11.2. The van der Waals surface area contributed by atoms with Crippen molar-refractivity contribution in [1.82, 2.24) is 0 Å². The van der Waals surface area contributed by atoms with Crippen molar-refractivity contribution in [1.29, 1.82) is 0 Å². The van der Waals surface area contributed by atoms with Crippen LogP contribution < -0.4 is 10.0 Å². The van der Waals surface area contributed by atoms with E-state index in [0.717, 1.165) is 24.1 Å². The average Bonchev–Trinajstić information content (AvgIpc) is 2.53. The predicted molar refractivity (Wildman–Crippen MR) is 77.2 cm³/mol. The lowest BCUT2D eigenvalue weighted by Gasteiger charge is -2.30. The van der Waals surface area contributed by atoms with Gasteiger partial charge in [0.05, 0.1) is 5.97 Å². The van der Waals surface area contributed by atoms with Gasteiger partial charge in [-0.05, 0) is 30.5 Å². The highest BCUT2D eigenvalue weighted by molar-refractivity contribution is 6.12. The van der Waals surface area contributed by atoms with Crippen LogP contribution in [0.3, 0.4) is 0 Å². The monoisotopic (exact) mass is 280 g/mol. The Morgan fingerprint density at radius 3 is 2.38 bits per heavy atom. The summed E-state index contributed by atoms with van der Waals surface area (Å²) < 4.78 is 0. The first kappa shape index (κ1) is 13.4. The Labute approximate surface area is 122 Å². The van der Waals surface area contributed by atoms with Gasteiger partial charge < -0.3 is 14.8 Å². The maximum Gasteiger partial charge on any atom is 0.258 e. The molecule has 0 aliphatic carbocycles. The Bertz CT molecular complexity index is 709. The third kappa shape index (κ3) is 2.40. The molecule has 0 N–H and O–H groups in total. The molecule has 0 radical (unpaired) electrons. The minimum atomic E-state index is -1.33. The van der Waals surface area contributed by atoms with Gasteiger partial charge in [0, 0.05) is 23.4 Å². The van der Waals surface area contributed by atoms with Gasteiger partial charge in [-0.25, -0.2) is 0 Å². The van der Waals surface area contributed by atoms with Gasteiger partial charge in [-0.15, -0.1) is 0 Å². The molecule has 106 valence electrons. The molecule has 0 saturated heterocycles. The smallest absolute Gasteiger partial charge is 0.258 e. The molecule has 0 spiro atoms. The molecule has 2 aromatic rings. The Balaban J connectivity index is 2.03. The summed E-state index contributed by atoms with van der Waals surface area (Å²) in [6.07, 6.45) is 1.80. The molecular weight excluding hydrogens is 266 g/mol. The standard InChI is InChI=1S/C17H15NO3/c19-16(13-8-2-3-9-14(13)17(20)21)18-11-5-7-12-6-1-4-10-15(12)18/h1-4,6,8-10H,5,7,11H2,(H,20,21)/p-1. The quantitative estimate of drug-likeness (QED) is 0.840. The van der Waals surface area contributed by atoms with Gasteiger partial charge in [-0.2, -0.15) is 0 Å². The maximum atomic E-state index is 12.7. The van der Waals surface area contributed by atoms with Crippen LogP contribution in [0.1, 0.15) is 32.7 Å². The molecule has 0 fully saturated rings. The molecule has 0 aromatic heterocycles. The van der Waals surface area contributed by atoms with Crippen LogP contribution in [0.4, 0.5) is 5.69 Å². The number of hydrogen-bond acceptors (Lipinski definition) is 3. The number of aryl methyl sites for hydroxylation is 1. The number of nitrogens with zero attached hydrogens (tertiary/aromatic N) is 1. The molecule has 4 nitrogen and oxygen atoms in total. The summed E-state index contributed by atoms with van der Waals surface area (Å²) in [6, 6.07) is 13.9. The van der Waals surface area contributed by atoms with E-state index in [2.05, 4.69) is 0 Å². The highest BCUT2D eigenvalue weighted by atomic mass is 16.4. The molecule has 2 aromatic carbocycles. The maximum absolute atomic E-state index is 12.7. The number of carboxylic acid groups (broad SMARTS) is 1. The van der Waals surface area contributed by atoms with Gasteiger partial charge in [0.2, 0.25) is 0 Å². The van der Waals surface area contributed by atoms with Crippen molar-refractivity contribution in [2.75, 3.05) is 11.4 Å². The van der Waals surface area contributed by atoms with E-state index in [0.29, 0.717) is 6.54 Å². The van der Waals surface area contributed by atoms with Crippen molar-refractivity contribution in [3.63, 3.8) is 0 Å². The van der Waals surface area contributed by atoms with Crippen molar-refractivity contribution in [2.45, 2.75) is 12.8 Å². The van der Waals surface area contributed by atoms with Gasteiger partial charge in [0.25, 0.3) is 5.91 Å². The number of rotatable bonds is 2. The topological polar surface area (TPSA) is 60.4 Å². The summed E-state index contributed by atoms with van der Waals surface area (Å²) >= 11 is 0. The molecular formula is C17H14NO3-. The normalized spacial score (nSPS) is 13.6. The summed E-state index contributed by atoms with van der Waals surface area (Å²) in [5.41, 5.74) is 2.09. The third-order valence-corrected chi connectivity index (χ3v) is 3.73. The first-order valence-corrected chi connectivity index (χ1v) is 6.88. The molecule has 1 heterocycles. The van der Waals surface area contributed by atoms with Crippen molar-refractivity contribution in [2.24, 2.45) is 0 Å². The first-order chi connectivity index (χ1) is 10.2. The van der Waals surface area contributed by atoms with E-state index in [4.69, 9.17) is 0 Å². The Morgan fingerprint density at radius 2 is 1.62 bits per heavy atom. The lowest BCUT2D eigenvalue weighted by molar-refractivity contribution is -0.255. The molecule has 3 rings (SSSR count). The lowest BCUT2D eigenvalue weighted by Crippen LogP contribution is -2.37. The summed E-state index contributed by atoms with van der Waals surface area (Å²) in [6.45, 7) is 0.594. The zero-order valence-electron chi connectivity index (χ0n) is 11.4. The third-order valence-electron chi connectivity index (χ3n) is 3.73. The highest BCUT2D eigenvalue weighted by Gasteiger charge is 2.24. The Kier molecular flexibility index (Phi) is 3.44. The minimum absolute atomic E-state index is 0.0643. The number of carbonyl (C=O) groups excluding carboxylic acids is 2. The van der Waals surface area contributed by atoms with Crippen LogP contribution in [0.5, 0.6) is 0 Å². The van der Waals surface area contributed by atoms with Crippen LogP contribution in [-0.2, 0) is 6.42 Å². The van der Waals surface area contributed by atoms with Crippen LogP contribution in [0.2, 0.25) is 0 Å². The first-order valence-electron chi connectivity index (χ1n) is 6.88. The van der Waals surface area contributed by atoms with Crippen molar-refractivity contribution in [3.05, 3.63) is 65.2 Å². The van der Waals surface area contributed by atoms with Crippen LogP contribution >= 0.6 is 0 Å². The lowest BCUT2D eigenvalue weighted by atomic mass is 9.99. The zero-order valence-corrected chi connectivity index (χ0v) is 11.4. The van der Waals surface area contributed by atoms with Gasteiger partial charge in [0.1, 0.15) is 0 Å². The van der Waals surface area contributed by atoms with E-state index in [9.17, 15) is 14.7 Å². The number of anilines is 1. The molecule has 0 atom stereocenters. The van der Waals surface area contributed by atoms with E-state index in [-0.39, 0.29) is 17.0 Å². The summed E-state index contributed by atoms with van der Waals surface area (Å²) in [4.78, 5) is 25.5. The number of aromatic carboxylic acids is 1. The van der Waals surface area contributed by atoms with Crippen LogP contribution in [-0.4, -0.2) is 18.4 Å². The number of para-hydroxylation sites is 1. The number of fused-ring (bicyclic) bond motifs is 1. The van der Waals surface area contributed by atoms with Crippen molar-refractivity contribution < 1.29 is 14.7 Å².